The number of carbonyl (C=O) groups is 1. The average molecular weight is 293 g/mol. The normalized spacial score (nSPS) is 10.3. The molecule has 0 N–H and O–H groups in total. The maximum Gasteiger partial charge on any atom is 0.171 e. The van der Waals surface area contributed by atoms with Crippen molar-refractivity contribution >= 4 is 17.4 Å². The van der Waals surface area contributed by atoms with Gasteiger partial charge in [-0.3, -0.25) is 4.79 Å². The van der Waals surface area contributed by atoms with Crippen LogP contribution in [0.2, 0.25) is 5.02 Å². The summed E-state index contributed by atoms with van der Waals surface area (Å²) in [6, 6.07) is 11.3. The van der Waals surface area contributed by atoms with Gasteiger partial charge in [-0.25, -0.2) is 4.39 Å². The number of halogens is 2. The first-order chi connectivity index (χ1) is 9.63. The summed E-state index contributed by atoms with van der Waals surface area (Å²) in [6.07, 6.45) is -0.0877. The Balaban J connectivity index is 2.29. The second-order valence-corrected chi connectivity index (χ2v) is 4.64. The van der Waals surface area contributed by atoms with Gasteiger partial charge in [0.2, 0.25) is 0 Å². The third-order valence-electron chi connectivity index (χ3n) is 2.89. The molecule has 0 spiro atoms. The minimum absolute atomic E-state index is 0.0877. The van der Waals surface area contributed by atoms with Crippen molar-refractivity contribution < 1.29 is 13.9 Å². The van der Waals surface area contributed by atoms with Crippen molar-refractivity contribution in [2.45, 2.75) is 13.3 Å². The first-order valence-electron chi connectivity index (χ1n) is 6.31. The van der Waals surface area contributed by atoms with Crippen molar-refractivity contribution in [3.63, 3.8) is 0 Å². The highest BCUT2D eigenvalue weighted by molar-refractivity contribution is 6.31. The number of rotatable bonds is 5. The lowest BCUT2D eigenvalue weighted by Gasteiger charge is -2.10. The molecule has 4 heteroatoms. The Hall–Kier alpha value is -1.87. The summed E-state index contributed by atoms with van der Waals surface area (Å²) in [4.78, 5) is 12.3. The Morgan fingerprint density at radius 3 is 2.65 bits per heavy atom. The van der Waals surface area contributed by atoms with E-state index in [4.69, 9.17) is 16.3 Å². The fourth-order valence-corrected chi connectivity index (χ4v) is 2.17. The van der Waals surface area contributed by atoms with Crippen LogP contribution in [0.25, 0.3) is 0 Å². The highest BCUT2D eigenvalue weighted by Gasteiger charge is 2.16. The van der Waals surface area contributed by atoms with Crippen LogP contribution < -0.4 is 4.74 Å². The van der Waals surface area contributed by atoms with Crippen molar-refractivity contribution in [1.29, 1.82) is 0 Å². The van der Waals surface area contributed by atoms with Crippen molar-refractivity contribution in [3.8, 4) is 5.75 Å². The zero-order valence-corrected chi connectivity index (χ0v) is 11.8. The molecular weight excluding hydrogens is 279 g/mol. The van der Waals surface area contributed by atoms with Crippen LogP contribution in [0.4, 0.5) is 4.39 Å². The Bertz CT molecular complexity index is 605. The van der Waals surface area contributed by atoms with E-state index in [1.807, 2.05) is 6.92 Å². The lowest BCUT2D eigenvalue weighted by molar-refractivity contribution is 0.0988. The van der Waals surface area contributed by atoms with Gasteiger partial charge in [-0.05, 0) is 31.2 Å². The minimum Gasteiger partial charge on any atom is -0.493 e. The summed E-state index contributed by atoms with van der Waals surface area (Å²) >= 11 is 5.94. The smallest absolute Gasteiger partial charge is 0.171 e. The number of hydrogen-bond acceptors (Lipinski definition) is 2. The maximum absolute atomic E-state index is 13.7. The molecule has 0 fully saturated rings. The molecule has 0 radical (unpaired) electrons. The van der Waals surface area contributed by atoms with Crippen molar-refractivity contribution in [2.24, 2.45) is 0 Å². The van der Waals surface area contributed by atoms with Gasteiger partial charge in [0.15, 0.2) is 5.78 Å². The van der Waals surface area contributed by atoms with Gasteiger partial charge in [-0.1, -0.05) is 29.8 Å². The van der Waals surface area contributed by atoms with Crippen LogP contribution in [0.15, 0.2) is 42.5 Å². The van der Waals surface area contributed by atoms with Gasteiger partial charge in [-0.2, -0.15) is 0 Å². The molecule has 2 nitrogen and oxygen atoms in total. The monoisotopic (exact) mass is 292 g/mol. The summed E-state index contributed by atoms with van der Waals surface area (Å²) < 4.78 is 19.1. The number of benzene rings is 2. The third-order valence-corrected chi connectivity index (χ3v) is 3.24. The lowest BCUT2D eigenvalue weighted by atomic mass is 10.0. The number of ether oxygens (including phenoxy) is 1. The van der Waals surface area contributed by atoms with E-state index < -0.39 is 5.82 Å². The lowest BCUT2D eigenvalue weighted by Crippen LogP contribution is -2.08. The number of Topliss-reactive ketones (excluding diaryl/α,β-unsaturated/α-hetero) is 1. The second kappa shape index (κ2) is 6.53. The SMILES string of the molecule is CCOc1ccccc1C(=O)Cc1c(F)cccc1Cl. The van der Waals surface area contributed by atoms with E-state index in [0.29, 0.717) is 17.9 Å². The zero-order chi connectivity index (χ0) is 14.5. The summed E-state index contributed by atoms with van der Waals surface area (Å²) in [6.45, 7) is 2.31. The molecule has 0 aliphatic heterocycles. The Morgan fingerprint density at radius 2 is 1.95 bits per heavy atom. The molecule has 104 valence electrons. The molecule has 0 saturated carbocycles. The Morgan fingerprint density at radius 1 is 1.20 bits per heavy atom. The summed E-state index contributed by atoms with van der Waals surface area (Å²) in [7, 11) is 0. The van der Waals surface area contributed by atoms with Gasteiger partial charge in [0.1, 0.15) is 11.6 Å². The van der Waals surface area contributed by atoms with Gasteiger partial charge in [-0.15, -0.1) is 0 Å². The number of hydrogen-bond donors (Lipinski definition) is 0. The van der Waals surface area contributed by atoms with E-state index in [-0.39, 0.29) is 22.8 Å². The van der Waals surface area contributed by atoms with Crippen molar-refractivity contribution in [3.05, 3.63) is 64.4 Å². The highest BCUT2D eigenvalue weighted by atomic mass is 35.5. The Kier molecular flexibility index (Phi) is 4.74. The zero-order valence-electron chi connectivity index (χ0n) is 11.0. The fourth-order valence-electron chi connectivity index (χ4n) is 1.94. The average Bonchev–Trinajstić information content (AvgIpc) is 2.44. The molecule has 0 amide bonds. The summed E-state index contributed by atoms with van der Waals surface area (Å²) in [5.74, 6) is -0.187. The van der Waals surface area contributed by atoms with Crippen LogP contribution in [0, 0.1) is 5.82 Å². The van der Waals surface area contributed by atoms with Gasteiger partial charge >= 0.3 is 0 Å². The third kappa shape index (κ3) is 3.17. The molecule has 2 rings (SSSR count). The van der Waals surface area contributed by atoms with Crippen molar-refractivity contribution in [1.82, 2.24) is 0 Å². The second-order valence-electron chi connectivity index (χ2n) is 4.23. The number of ketones is 1. The van der Waals surface area contributed by atoms with Gasteiger partial charge < -0.3 is 4.74 Å². The largest absolute Gasteiger partial charge is 0.493 e. The van der Waals surface area contributed by atoms with E-state index in [9.17, 15) is 9.18 Å². The fraction of sp³-hybridized carbons (Fsp3) is 0.188. The van der Waals surface area contributed by atoms with Crippen LogP contribution in [-0.2, 0) is 6.42 Å². The molecule has 0 unspecified atom stereocenters. The Labute approximate surface area is 122 Å². The van der Waals surface area contributed by atoms with Gasteiger partial charge in [0, 0.05) is 17.0 Å². The predicted molar refractivity (Wildman–Crippen MR) is 77.1 cm³/mol. The first kappa shape index (κ1) is 14.5. The van der Waals surface area contributed by atoms with Crippen LogP contribution in [-0.4, -0.2) is 12.4 Å². The molecule has 0 aromatic heterocycles. The van der Waals surface area contributed by atoms with E-state index >= 15 is 0 Å². The standard InChI is InChI=1S/C16H14ClFO2/c1-2-20-16-9-4-3-6-11(16)15(19)10-12-13(17)7-5-8-14(12)18/h3-9H,2,10H2,1H3. The number of carbonyl (C=O) groups excluding carboxylic acids is 1. The van der Waals surface area contributed by atoms with E-state index in [1.165, 1.54) is 12.1 Å². The molecule has 0 bridgehead atoms. The van der Waals surface area contributed by atoms with Crippen LogP contribution in [0.1, 0.15) is 22.8 Å². The molecule has 0 heterocycles. The van der Waals surface area contributed by atoms with E-state index in [1.54, 1.807) is 30.3 Å². The summed E-state index contributed by atoms with van der Waals surface area (Å²) in [5, 5.41) is 0.257. The first-order valence-corrected chi connectivity index (χ1v) is 6.69. The topological polar surface area (TPSA) is 26.3 Å². The molecule has 0 atom stereocenters. The summed E-state index contributed by atoms with van der Waals surface area (Å²) in [5.41, 5.74) is 0.652. The van der Waals surface area contributed by atoms with Crippen LogP contribution in [0.3, 0.4) is 0 Å². The van der Waals surface area contributed by atoms with E-state index in [0.717, 1.165) is 0 Å². The molecule has 2 aromatic rings. The quantitative estimate of drug-likeness (QED) is 0.768. The van der Waals surface area contributed by atoms with Gasteiger partial charge in [0.25, 0.3) is 0 Å². The van der Waals surface area contributed by atoms with Crippen LogP contribution in [0.5, 0.6) is 5.75 Å². The van der Waals surface area contributed by atoms with Crippen LogP contribution >= 0.6 is 11.6 Å². The molecule has 0 saturated heterocycles. The van der Waals surface area contributed by atoms with Gasteiger partial charge in [0.05, 0.1) is 12.2 Å². The van der Waals surface area contributed by atoms with Crippen molar-refractivity contribution in [2.75, 3.05) is 6.61 Å². The minimum atomic E-state index is -0.472. The van der Waals surface area contributed by atoms with E-state index in [2.05, 4.69) is 0 Å². The number of para-hydroxylation sites is 1. The molecule has 2 aromatic carbocycles. The molecule has 0 aliphatic rings. The predicted octanol–water partition coefficient (Wildman–Crippen LogP) is 4.30. The molecule has 0 aliphatic carbocycles. The highest BCUT2D eigenvalue weighted by Crippen LogP contribution is 2.24. The maximum atomic E-state index is 13.7. The molecule has 20 heavy (non-hydrogen) atoms. The molecular formula is C16H14ClFO2.